The molecule has 1 aromatic carbocycles. The van der Waals surface area contributed by atoms with Crippen molar-refractivity contribution in [2.24, 2.45) is 5.92 Å². The number of methoxy groups -OCH3 is 1. The molecule has 0 atom stereocenters. The highest BCUT2D eigenvalue weighted by molar-refractivity contribution is 5.27. The van der Waals surface area contributed by atoms with Gasteiger partial charge in [0.15, 0.2) is 0 Å². The lowest BCUT2D eigenvalue weighted by atomic mass is 9.90. The molecule has 1 aliphatic rings. The first-order valence-electron chi connectivity index (χ1n) is 8.49. The van der Waals surface area contributed by atoms with Gasteiger partial charge in [0.2, 0.25) is 0 Å². The second-order valence-corrected chi connectivity index (χ2v) is 7.03. The maximum Gasteiger partial charge on any atom is 0.137 e. The Labute approximate surface area is 143 Å². The average Bonchev–Trinajstić information content (AvgIpc) is 2.96. The smallest absolute Gasteiger partial charge is 0.137 e. The number of hydrogen-bond donors (Lipinski definition) is 1. The van der Waals surface area contributed by atoms with E-state index in [0.717, 1.165) is 36.6 Å². The van der Waals surface area contributed by atoms with Crippen LogP contribution >= 0.6 is 0 Å². The molecule has 1 N–H and O–H groups in total. The number of benzene rings is 1. The zero-order chi connectivity index (χ0) is 17.0. The van der Waals surface area contributed by atoms with E-state index in [9.17, 15) is 0 Å². The highest BCUT2D eigenvalue weighted by atomic mass is 16.5. The van der Waals surface area contributed by atoms with E-state index in [-0.39, 0.29) is 5.54 Å². The summed E-state index contributed by atoms with van der Waals surface area (Å²) in [7, 11) is 1.68. The van der Waals surface area contributed by atoms with E-state index < -0.39 is 0 Å². The van der Waals surface area contributed by atoms with Gasteiger partial charge in [0.1, 0.15) is 11.5 Å². The minimum Gasteiger partial charge on any atom is -0.497 e. The first kappa shape index (κ1) is 17.0. The fraction of sp³-hybridized carbons (Fsp3) is 0.526. The van der Waals surface area contributed by atoms with E-state index in [4.69, 9.17) is 14.0 Å². The highest BCUT2D eigenvalue weighted by Gasteiger charge is 2.39. The van der Waals surface area contributed by atoms with Crippen molar-refractivity contribution < 1.29 is 14.0 Å². The van der Waals surface area contributed by atoms with Gasteiger partial charge >= 0.3 is 0 Å². The van der Waals surface area contributed by atoms with Gasteiger partial charge in [0.25, 0.3) is 0 Å². The molecule has 0 radical (unpaired) electrons. The molecule has 1 aliphatic heterocycles. The molecule has 1 fully saturated rings. The summed E-state index contributed by atoms with van der Waals surface area (Å²) >= 11 is 0. The number of rotatable bonds is 8. The molecule has 3 rings (SSSR count). The van der Waals surface area contributed by atoms with Crippen molar-refractivity contribution in [2.45, 2.75) is 38.8 Å². The van der Waals surface area contributed by atoms with Crippen molar-refractivity contribution in [3.63, 3.8) is 0 Å². The molecule has 0 spiro atoms. The molecule has 1 aromatic heterocycles. The zero-order valence-electron chi connectivity index (χ0n) is 14.7. The summed E-state index contributed by atoms with van der Waals surface area (Å²) in [6.45, 7) is 6.56. The van der Waals surface area contributed by atoms with Crippen molar-refractivity contribution in [3.8, 4) is 5.75 Å². The molecule has 0 bridgehead atoms. The molecule has 24 heavy (non-hydrogen) atoms. The Morgan fingerprint density at radius 2 is 2.00 bits per heavy atom. The van der Waals surface area contributed by atoms with Crippen molar-refractivity contribution in [2.75, 3.05) is 20.3 Å². The van der Waals surface area contributed by atoms with Crippen LogP contribution in [0.1, 0.15) is 30.9 Å². The van der Waals surface area contributed by atoms with Crippen molar-refractivity contribution in [1.29, 1.82) is 0 Å². The largest absolute Gasteiger partial charge is 0.497 e. The van der Waals surface area contributed by atoms with Crippen LogP contribution in [0.2, 0.25) is 0 Å². The second-order valence-electron chi connectivity index (χ2n) is 7.03. The number of nitrogens with one attached hydrogen (secondary N) is 1. The highest BCUT2D eigenvalue weighted by Crippen LogP contribution is 2.24. The van der Waals surface area contributed by atoms with E-state index in [0.29, 0.717) is 19.1 Å². The van der Waals surface area contributed by atoms with Gasteiger partial charge in [-0.15, -0.1) is 0 Å². The standard InChI is InChI=1S/C19H26N2O3/c1-14(2)8-18-9-16(21-24-18)10-19(12-23-13-19)20-11-15-4-6-17(22-3)7-5-15/h4-7,9,14,20H,8,10-13H2,1-3H3. The Balaban J connectivity index is 1.58. The molecule has 2 heterocycles. The van der Waals surface area contributed by atoms with Gasteiger partial charge in [-0.1, -0.05) is 31.1 Å². The summed E-state index contributed by atoms with van der Waals surface area (Å²) in [5, 5.41) is 7.86. The van der Waals surface area contributed by atoms with Gasteiger partial charge in [-0.3, -0.25) is 0 Å². The first-order valence-corrected chi connectivity index (χ1v) is 8.49. The van der Waals surface area contributed by atoms with Crippen LogP contribution in [0.5, 0.6) is 5.75 Å². The van der Waals surface area contributed by atoms with Crippen LogP contribution in [0.25, 0.3) is 0 Å². The van der Waals surface area contributed by atoms with E-state index in [1.807, 2.05) is 12.1 Å². The fourth-order valence-electron chi connectivity index (χ4n) is 2.93. The van der Waals surface area contributed by atoms with Gasteiger partial charge in [-0.05, 0) is 23.6 Å². The second kappa shape index (κ2) is 7.36. The molecule has 5 nitrogen and oxygen atoms in total. The van der Waals surface area contributed by atoms with Gasteiger partial charge < -0.3 is 19.3 Å². The van der Waals surface area contributed by atoms with Gasteiger partial charge in [-0.25, -0.2) is 0 Å². The van der Waals surface area contributed by atoms with Crippen LogP contribution in [0.4, 0.5) is 0 Å². The summed E-state index contributed by atoms with van der Waals surface area (Å²) in [6, 6.07) is 10.2. The molecule has 1 saturated heterocycles. The minimum atomic E-state index is -0.0497. The molecule has 5 heteroatoms. The average molecular weight is 330 g/mol. The number of ether oxygens (including phenoxy) is 2. The third kappa shape index (κ3) is 4.16. The molecular weight excluding hydrogens is 304 g/mol. The van der Waals surface area contributed by atoms with Crippen LogP contribution in [0, 0.1) is 5.92 Å². The monoisotopic (exact) mass is 330 g/mol. The fourth-order valence-corrected chi connectivity index (χ4v) is 2.93. The van der Waals surface area contributed by atoms with Crippen LogP contribution in [0.3, 0.4) is 0 Å². The minimum absolute atomic E-state index is 0.0497. The van der Waals surface area contributed by atoms with Gasteiger partial charge in [-0.2, -0.15) is 0 Å². The summed E-state index contributed by atoms with van der Waals surface area (Å²) in [5.74, 6) is 2.41. The van der Waals surface area contributed by atoms with Crippen LogP contribution in [-0.2, 0) is 24.1 Å². The molecule has 130 valence electrons. The zero-order valence-corrected chi connectivity index (χ0v) is 14.7. The number of hydrogen-bond acceptors (Lipinski definition) is 5. The maximum atomic E-state index is 5.47. The Morgan fingerprint density at radius 1 is 1.25 bits per heavy atom. The Morgan fingerprint density at radius 3 is 2.58 bits per heavy atom. The summed E-state index contributed by atoms with van der Waals surface area (Å²) < 4.78 is 16.1. The van der Waals surface area contributed by atoms with Crippen molar-refractivity contribution in [1.82, 2.24) is 10.5 Å². The van der Waals surface area contributed by atoms with Crippen LogP contribution in [-0.4, -0.2) is 31.0 Å². The van der Waals surface area contributed by atoms with Gasteiger partial charge in [0.05, 0.1) is 31.6 Å². The van der Waals surface area contributed by atoms with E-state index in [1.54, 1.807) is 7.11 Å². The quantitative estimate of drug-likeness (QED) is 0.806. The van der Waals surface area contributed by atoms with E-state index in [2.05, 4.69) is 42.5 Å². The number of aromatic nitrogens is 1. The van der Waals surface area contributed by atoms with Crippen LogP contribution < -0.4 is 10.1 Å². The summed E-state index contributed by atoms with van der Waals surface area (Å²) in [4.78, 5) is 0. The first-order chi connectivity index (χ1) is 11.6. The molecule has 0 amide bonds. The lowest BCUT2D eigenvalue weighted by Crippen LogP contribution is -2.61. The third-order valence-electron chi connectivity index (χ3n) is 4.32. The lowest BCUT2D eigenvalue weighted by molar-refractivity contribution is -0.0755. The maximum absolute atomic E-state index is 5.47. The van der Waals surface area contributed by atoms with Crippen LogP contribution in [0.15, 0.2) is 34.9 Å². The predicted octanol–water partition coefficient (Wildman–Crippen LogP) is 2.98. The normalized spacial score (nSPS) is 16.2. The Hall–Kier alpha value is -1.85. The number of nitrogens with zero attached hydrogens (tertiary/aromatic N) is 1. The summed E-state index contributed by atoms with van der Waals surface area (Å²) in [6.07, 6.45) is 1.75. The molecule has 0 aliphatic carbocycles. The molecule has 0 unspecified atom stereocenters. The topological polar surface area (TPSA) is 56.5 Å². The molecule has 2 aromatic rings. The van der Waals surface area contributed by atoms with Crippen molar-refractivity contribution >= 4 is 0 Å². The van der Waals surface area contributed by atoms with Crippen molar-refractivity contribution in [3.05, 3.63) is 47.3 Å². The lowest BCUT2D eigenvalue weighted by Gasteiger charge is -2.42. The molecular formula is C19H26N2O3. The van der Waals surface area contributed by atoms with E-state index in [1.165, 1.54) is 5.56 Å². The predicted molar refractivity (Wildman–Crippen MR) is 92.1 cm³/mol. The third-order valence-corrected chi connectivity index (χ3v) is 4.32. The summed E-state index contributed by atoms with van der Waals surface area (Å²) in [5.41, 5.74) is 2.17. The SMILES string of the molecule is COc1ccc(CNC2(Cc3cc(CC(C)C)on3)COC2)cc1. The molecule has 0 saturated carbocycles. The van der Waals surface area contributed by atoms with Gasteiger partial charge in [0, 0.05) is 25.5 Å². The Bertz CT molecular complexity index is 645. The van der Waals surface area contributed by atoms with E-state index >= 15 is 0 Å². The Kier molecular flexibility index (Phi) is 5.21.